The lowest BCUT2D eigenvalue weighted by atomic mass is 10.1. The fourth-order valence-electron chi connectivity index (χ4n) is 2.08. The second kappa shape index (κ2) is 5.84. The molecule has 2 aromatic heterocycles. The van der Waals surface area contributed by atoms with E-state index in [1.54, 1.807) is 17.7 Å². The molecule has 0 aliphatic rings. The van der Waals surface area contributed by atoms with Crippen LogP contribution < -0.4 is 0 Å². The number of fused-ring (bicyclic) bond motifs is 1. The van der Waals surface area contributed by atoms with Crippen LogP contribution in [-0.2, 0) is 0 Å². The highest BCUT2D eigenvalue weighted by molar-refractivity contribution is 8.00. The maximum Gasteiger partial charge on any atom is 0.128 e. The lowest BCUT2D eigenvalue weighted by Crippen LogP contribution is -1.93. The van der Waals surface area contributed by atoms with E-state index in [9.17, 15) is 0 Å². The number of thioether (sulfide) groups is 1. The van der Waals surface area contributed by atoms with E-state index >= 15 is 0 Å². The maximum absolute atomic E-state index is 9.02. The zero-order chi connectivity index (χ0) is 14.8. The zero-order valence-electron chi connectivity index (χ0n) is 11.7. The molecule has 0 spiro atoms. The summed E-state index contributed by atoms with van der Waals surface area (Å²) in [5, 5.41) is 12.9. The number of rotatable bonds is 3. The van der Waals surface area contributed by atoms with Crippen molar-refractivity contribution in [1.82, 2.24) is 9.97 Å². The topological polar surface area (TPSA) is 49.6 Å². The number of aromatic nitrogens is 2. The Labute approximate surface area is 131 Å². The van der Waals surface area contributed by atoms with Gasteiger partial charge >= 0.3 is 0 Å². The summed E-state index contributed by atoms with van der Waals surface area (Å²) in [5.74, 6) is 0. The summed E-state index contributed by atoms with van der Waals surface area (Å²) in [6, 6.07) is 10.7. The van der Waals surface area contributed by atoms with Gasteiger partial charge in [0.05, 0.1) is 16.7 Å². The Morgan fingerprint density at radius 2 is 2.00 bits per heavy atom. The number of nitrogens with zero attached hydrogens (tertiary/aromatic N) is 3. The molecule has 1 atom stereocenters. The average Bonchev–Trinajstić information content (AvgIpc) is 2.93. The van der Waals surface area contributed by atoms with E-state index in [1.807, 2.05) is 6.92 Å². The molecular weight excluding hydrogens is 298 g/mol. The standard InChI is InChI=1S/C16H13N3S2/c1-10-3-5-12(6-4-10)13-8-20-15-14(13)16(19-9-18-15)21-11(2)7-17/h3-6,8-9,11H,1-2H3/t11-/m0/s1. The number of hydrogen-bond acceptors (Lipinski definition) is 5. The highest BCUT2D eigenvalue weighted by atomic mass is 32.2. The third kappa shape index (κ3) is 2.78. The van der Waals surface area contributed by atoms with Crippen LogP contribution in [0.15, 0.2) is 41.0 Å². The van der Waals surface area contributed by atoms with Gasteiger partial charge in [-0.2, -0.15) is 5.26 Å². The lowest BCUT2D eigenvalue weighted by Gasteiger charge is -2.06. The highest BCUT2D eigenvalue weighted by Crippen LogP contribution is 2.38. The van der Waals surface area contributed by atoms with E-state index in [2.05, 4.69) is 52.6 Å². The lowest BCUT2D eigenvalue weighted by molar-refractivity contribution is 1.10. The fraction of sp³-hybridized carbons (Fsp3) is 0.188. The van der Waals surface area contributed by atoms with Crippen molar-refractivity contribution in [2.45, 2.75) is 24.1 Å². The third-order valence-corrected chi connectivity index (χ3v) is 5.05. The Balaban J connectivity index is 2.16. The molecule has 2 heterocycles. The summed E-state index contributed by atoms with van der Waals surface area (Å²) in [6.45, 7) is 3.96. The molecule has 3 aromatic rings. The van der Waals surface area contributed by atoms with Crippen molar-refractivity contribution >= 4 is 33.3 Å². The van der Waals surface area contributed by atoms with E-state index in [0.717, 1.165) is 26.4 Å². The molecule has 0 unspecified atom stereocenters. The van der Waals surface area contributed by atoms with Crippen LogP contribution in [0.3, 0.4) is 0 Å². The monoisotopic (exact) mass is 311 g/mol. The molecule has 0 aliphatic heterocycles. The van der Waals surface area contributed by atoms with Crippen molar-refractivity contribution in [3.05, 3.63) is 41.5 Å². The van der Waals surface area contributed by atoms with Crippen LogP contribution in [0.4, 0.5) is 0 Å². The molecule has 0 saturated heterocycles. The minimum Gasteiger partial charge on any atom is -0.229 e. The Morgan fingerprint density at radius 3 is 2.71 bits per heavy atom. The maximum atomic E-state index is 9.02. The van der Waals surface area contributed by atoms with Crippen molar-refractivity contribution in [1.29, 1.82) is 5.26 Å². The van der Waals surface area contributed by atoms with E-state index in [-0.39, 0.29) is 5.25 Å². The number of aryl methyl sites for hydroxylation is 1. The molecule has 0 bridgehead atoms. The minimum absolute atomic E-state index is 0.131. The summed E-state index contributed by atoms with van der Waals surface area (Å²) < 4.78 is 0. The molecule has 0 radical (unpaired) electrons. The van der Waals surface area contributed by atoms with Crippen LogP contribution in [0, 0.1) is 18.3 Å². The number of hydrogen-bond donors (Lipinski definition) is 0. The predicted octanol–water partition coefficient (Wildman–Crippen LogP) is 4.67. The summed E-state index contributed by atoms with van der Waals surface area (Å²) in [7, 11) is 0. The Morgan fingerprint density at radius 1 is 1.24 bits per heavy atom. The first-order chi connectivity index (χ1) is 10.2. The van der Waals surface area contributed by atoms with Gasteiger partial charge in [-0.15, -0.1) is 11.3 Å². The first-order valence-corrected chi connectivity index (χ1v) is 8.30. The van der Waals surface area contributed by atoms with Crippen molar-refractivity contribution in [3.63, 3.8) is 0 Å². The second-order valence-electron chi connectivity index (χ2n) is 4.76. The SMILES string of the molecule is Cc1ccc(-c2csc3ncnc(S[C@@H](C)C#N)c23)cc1. The normalized spacial score (nSPS) is 12.2. The molecule has 3 nitrogen and oxygen atoms in total. The first kappa shape index (κ1) is 14.1. The molecule has 5 heteroatoms. The fourth-order valence-corrected chi connectivity index (χ4v) is 3.88. The molecule has 0 saturated carbocycles. The Bertz CT molecular complexity index is 816. The second-order valence-corrected chi connectivity index (χ2v) is 6.95. The largest absolute Gasteiger partial charge is 0.229 e. The van der Waals surface area contributed by atoms with Gasteiger partial charge in [-0.1, -0.05) is 41.6 Å². The van der Waals surface area contributed by atoms with Crippen LogP contribution in [-0.4, -0.2) is 15.2 Å². The smallest absolute Gasteiger partial charge is 0.128 e. The van der Waals surface area contributed by atoms with E-state index in [1.165, 1.54) is 17.3 Å². The van der Waals surface area contributed by atoms with Crippen molar-refractivity contribution in [3.8, 4) is 17.2 Å². The minimum atomic E-state index is -0.131. The van der Waals surface area contributed by atoms with E-state index < -0.39 is 0 Å². The molecule has 104 valence electrons. The summed E-state index contributed by atoms with van der Waals surface area (Å²) in [5.41, 5.74) is 3.54. The molecule has 0 fully saturated rings. The Kier molecular flexibility index (Phi) is 3.91. The Hall–Kier alpha value is -1.90. The van der Waals surface area contributed by atoms with Gasteiger partial charge < -0.3 is 0 Å². The average molecular weight is 311 g/mol. The number of benzene rings is 1. The van der Waals surface area contributed by atoms with Gasteiger partial charge in [0.2, 0.25) is 0 Å². The van der Waals surface area contributed by atoms with Gasteiger partial charge in [0.25, 0.3) is 0 Å². The molecule has 21 heavy (non-hydrogen) atoms. The molecule has 0 amide bonds. The molecule has 1 aromatic carbocycles. The number of nitriles is 1. The van der Waals surface area contributed by atoms with Crippen LogP contribution in [0.2, 0.25) is 0 Å². The van der Waals surface area contributed by atoms with Crippen LogP contribution in [0.5, 0.6) is 0 Å². The van der Waals surface area contributed by atoms with E-state index in [4.69, 9.17) is 5.26 Å². The van der Waals surface area contributed by atoms with Gasteiger partial charge in [-0.05, 0) is 19.4 Å². The quantitative estimate of drug-likeness (QED) is 0.521. The van der Waals surface area contributed by atoms with Crippen molar-refractivity contribution in [2.75, 3.05) is 0 Å². The summed E-state index contributed by atoms with van der Waals surface area (Å²) >= 11 is 3.10. The van der Waals surface area contributed by atoms with Crippen molar-refractivity contribution in [2.24, 2.45) is 0 Å². The molecule has 3 rings (SSSR count). The highest BCUT2D eigenvalue weighted by Gasteiger charge is 2.15. The zero-order valence-corrected chi connectivity index (χ0v) is 13.3. The summed E-state index contributed by atoms with van der Waals surface area (Å²) in [6.07, 6.45) is 1.57. The third-order valence-electron chi connectivity index (χ3n) is 3.17. The van der Waals surface area contributed by atoms with Gasteiger partial charge in [-0.3, -0.25) is 0 Å². The van der Waals surface area contributed by atoms with Gasteiger partial charge in [0.1, 0.15) is 16.2 Å². The van der Waals surface area contributed by atoms with Crippen LogP contribution in [0.1, 0.15) is 12.5 Å². The van der Waals surface area contributed by atoms with Gasteiger partial charge in [0.15, 0.2) is 0 Å². The van der Waals surface area contributed by atoms with Crippen LogP contribution in [0.25, 0.3) is 21.3 Å². The summed E-state index contributed by atoms with van der Waals surface area (Å²) in [4.78, 5) is 9.69. The first-order valence-electron chi connectivity index (χ1n) is 6.54. The molecule has 0 N–H and O–H groups in total. The molecular formula is C16H13N3S2. The number of thiophene rings is 1. The van der Waals surface area contributed by atoms with E-state index in [0.29, 0.717) is 0 Å². The van der Waals surface area contributed by atoms with Crippen molar-refractivity contribution < 1.29 is 0 Å². The van der Waals surface area contributed by atoms with Crippen LogP contribution >= 0.6 is 23.1 Å². The predicted molar refractivity (Wildman–Crippen MR) is 88.5 cm³/mol. The van der Waals surface area contributed by atoms with Gasteiger partial charge in [0, 0.05) is 10.9 Å². The van der Waals surface area contributed by atoms with Gasteiger partial charge in [-0.25, -0.2) is 9.97 Å². The molecule has 0 aliphatic carbocycles.